The van der Waals surface area contributed by atoms with Crippen molar-refractivity contribution < 1.29 is 18.6 Å². The van der Waals surface area contributed by atoms with Crippen LogP contribution in [-0.4, -0.2) is 82.3 Å². The molecule has 0 amide bonds. The van der Waals surface area contributed by atoms with Gasteiger partial charge in [-0.3, -0.25) is 9.89 Å². The summed E-state index contributed by atoms with van der Waals surface area (Å²) in [5.74, 6) is 1.28. The van der Waals surface area contributed by atoms with Gasteiger partial charge in [-0.1, -0.05) is 0 Å². The molecule has 2 fully saturated rings. The van der Waals surface area contributed by atoms with E-state index in [1.165, 1.54) is 0 Å². The normalized spacial score (nSPS) is 20.7. The zero-order valence-corrected chi connectivity index (χ0v) is 16.2. The number of ether oxygens (including phenoxy) is 3. The zero-order valence-electron chi connectivity index (χ0n) is 16.2. The largest absolute Gasteiger partial charge is 0.469 e. The summed E-state index contributed by atoms with van der Waals surface area (Å²) in [6, 6.07) is 3.90. The molecule has 2 saturated heterocycles. The number of nitrogens with one attached hydrogen (secondary N) is 2. The SMILES string of the molecule is CC1(CCN=C(NCCc2ccco2)NCCN2CCOCC2)OCCO1. The van der Waals surface area contributed by atoms with Crippen molar-refractivity contribution in [3.05, 3.63) is 24.2 Å². The Morgan fingerprint density at radius 2 is 1.93 bits per heavy atom. The Hall–Kier alpha value is -1.61. The van der Waals surface area contributed by atoms with Crippen LogP contribution in [0.3, 0.4) is 0 Å². The molecule has 8 nitrogen and oxygen atoms in total. The van der Waals surface area contributed by atoms with Gasteiger partial charge in [0, 0.05) is 52.1 Å². The number of aliphatic imine (C=N–C) groups is 1. The minimum Gasteiger partial charge on any atom is -0.469 e. The lowest BCUT2D eigenvalue weighted by Crippen LogP contribution is -2.45. The van der Waals surface area contributed by atoms with E-state index in [2.05, 4.69) is 15.5 Å². The van der Waals surface area contributed by atoms with Crippen LogP contribution in [0.4, 0.5) is 0 Å². The highest BCUT2D eigenvalue weighted by molar-refractivity contribution is 5.79. The number of guanidine groups is 1. The summed E-state index contributed by atoms with van der Waals surface area (Å²) in [5.41, 5.74) is 0. The zero-order chi connectivity index (χ0) is 18.8. The summed E-state index contributed by atoms with van der Waals surface area (Å²) in [6.45, 7) is 10.2. The minimum absolute atomic E-state index is 0.503. The molecule has 3 rings (SSSR count). The fourth-order valence-corrected chi connectivity index (χ4v) is 3.16. The lowest BCUT2D eigenvalue weighted by atomic mass is 10.2. The van der Waals surface area contributed by atoms with Gasteiger partial charge in [-0.25, -0.2) is 0 Å². The first-order valence-electron chi connectivity index (χ1n) is 9.86. The number of hydrogen-bond donors (Lipinski definition) is 2. The molecule has 2 aliphatic rings. The lowest BCUT2D eigenvalue weighted by molar-refractivity contribution is -0.144. The molecule has 0 aromatic carbocycles. The maximum Gasteiger partial charge on any atom is 0.191 e. The summed E-state index contributed by atoms with van der Waals surface area (Å²) in [7, 11) is 0. The highest BCUT2D eigenvalue weighted by Crippen LogP contribution is 2.22. The van der Waals surface area contributed by atoms with Crippen molar-refractivity contribution >= 4 is 5.96 Å². The van der Waals surface area contributed by atoms with E-state index in [0.717, 1.165) is 70.5 Å². The van der Waals surface area contributed by atoms with E-state index >= 15 is 0 Å². The third-order valence-electron chi connectivity index (χ3n) is 4.80. The lowest BCUT2D eigenvalue weighted by Gasteiger charge is -2.27. The van der Waals surface area contributed by atoms with Crippen molar-refractivity contribution in [2.45, 2.75) is 25.6 Å². The second-order valence-electron chi connectivity index (χ2n) is 6.95. The molecule has 2 aliphatic heterocycles. The molecule has 27 heavy (non-hydrogen) atoms. The third-order valence-corrected chi connectivity index (χ3v) is 4.80. The van der Waals surface area contributed by atoms with Crippen LogP contribution in [0.1, 0.15) is 19.1 Å². The van der Waals surface area contributed by atoms with Gasteiger partial charge in [0.05, 0.1) is 32.7 Å². The summed E-state index contributed by atoms with van der Waals surface area (Å²) < 4.78 is 22.1. The highest BCUT2D eigenvalue weighted by Gasteiger charge is 2.30. The second-order valence-corrected chi connectivity index (χ2v) is 6.95. The number of hydrogen-bond acceptors (Lipinski definition) is 6. The molecule has 0 unspecified atom stereocenters. The van der Waals surface area contributed by atoms with Gasteiger partial charge in [0.25, 0.3) is 0 Å². The first-order chi connectivity index (χ1) is 13.2. The van der Waals surface area contributed by atoms with E-state index in [0.29, 0.717) is 19.8 Å². The Morgan fingerprint density at radius 1 is 1.15 bits per heavy atom. The van der Waals surface area contributed by atoms with Gasteiger partial charge in [0.15, 0.2) is 11.7 Å². The summed E-state index contributed by atoms with van der Waals surface area (Å²) >= 11 is 0. The molecular formula is C19H32N4O4. The molecule has 8 heteroatoms. The van der Waals surface area contributed by atoms with E-state index in [4.69, 9.17) is 23.6 Å². The first kappa shape index (κ1) is 20.1. The molecule has 0 saturated carbocycles. The molecule has 0 atom stereocenters. The topological polar surface area (TPSA) is 80.5 Å². The van der Waals surface area contributed by atoms with Crippen LogP contribution < -0.4 is 10.6 Å². The van der Waals surface area contributed by atoms with Crippen molar-refractivity contribution in [1.29, 1.82) is 0 Å². The number of furan rings is 1. The van der Waals surface area contributed by atoms with Crippen molar-refractivity contribution in [2.24, 2.45) is 4.99 Å². The minimum atomic E-state index is -0.503. The molecule has 0 spiro atoms. The average Bonchev–Trinajstić information content (AvgIpc) is 3.34. The first-order valence-corrected chi connectivity index (χ1v) is 9.86. The molecule has 152 valence electrons. The standard InChI is InChI=1S/C19H32N4O4/c1-19(26-15-16-27-19)5-7-21-18(20-6-4-17-3-2-12-25-17)22-8-9-23-10-13-24-14-11-23/h2-3,12H,4-11,13-16H2,1H3,(H2,20,21,22). The van der Waals surface area contributed by atoms with Gasteiger partial charge in [0.2, 0.25) is 0 Å². The van der Waals surface area contributed by atoms with E-state index in [9.17, 15) is 0 Å². The molecule has 1 aromatic rings. The number of morpholine rings is 1. The number of nitrogens with zero attached hydrogens (tertiary/aromatic N) is 2. The Kier molecular flexibility index (Phi) is 7.94. The monoisotopic (exact) mass is 380 g/mol. The Morgan fingerprint density at radius 3 is 2.67 bits per heavy atom. The van der Waals surface area contributed by atoms with Gasteiger partial charge >= 0.3 is 0 Å². The predicted molar refractivity (Wildman–Crippen MR) is 103 cm³/mol. The van der Waals surface area contributed by atoms with E-state index in [1.807, 2.05) is 19.1 Å². The second kappa shape index (κ2) is 10.7. The smallest absolute Gasteiger partial charge is 0.191 e. The van der Waals surface area contributed by atoms with Crippen LogP contribution in [0.15, 0.2) is 27.8 Å². The molecule has 1 aromatic heterocycles. The van der Waals surface area contributed by atoms with Gasteiger partial charge in [0.1, 0.15) is 5.76 Å². The fraction of sp³-hybridized carbons (Fsp3) is 0.737. The molecular weight excluding hydrogens is 348 g/mol. The van der Waals surface area contributed by atoms with Crippen LogP contribution in [0.2, 0.25) is 0 Å². The molecule has 0 radical (unpaired) electrons. The quantitative estimate of drug-likeness (QED) is 0.485. The van der Waals surface area contributed by atoms with Crippen LogP contribution in [0, 0.1) is 0 Å². The van der Waals surface area contributed by atoms with Crippen LogP contribution in [0.5, 0.6) is 0 Å². The van der Waals surface area contributed by atoms with Crippen molar-refractivity contribution in [1.82, 2.24) is 15.5 Å². The van der Waals surface area contributed by atoms with E-state index in [-0.39, 0.29) is 0 Å². The summed E-state index contributed by atoms with van der Waals surface area (Å²) in [4.78, 5) is 7.10. The van der Waals surface area contributed by atoms with Crippen molar-refractivity contribution in [3.8, 4) is 0 Å². The maximum absolute atomic E-state index is 5.65. The van der Waals surface area contributed by atoms with Crippen LogP contribution >= 0.6 is 0 Å². The molecule has 0 bridgehead atoms. The molecule has 2 N–H and O–H groups in total. The van der Waals surface area contributed by atoms with E-state index < -0.39 is 5.79 Å². The van der Waals surface area contributed by atoms with E-state index in [1.54, 1.807) is 6.26 Å². The van der Waals surface area contributed by atoms with Gasteiger partial charge < -0.3 is 29.3 Å². The average molecular weight is 380 g/mol. The summed E-state index contributed by atoms with van der Waals surface area (Å²) in [5, 5.41) is 6.82. The van der Waals surface area contributed by atoms with Gasteiger partial charge in [-0.2, -0.15) is 0 Å². The predicted octanol–water partition coefficient (Wildman–Crippen LogP) is 0.843. The van der Waals surface area contributed by atoms with Gasteiger partial charge in [-0.05, 0) is 19.1 Å². The Labute approximate surface area is 161 Å². The summed E-state index contributed by atoms with van der Waals surface area (Å²) in [6.07, 6.45) is 3.26. The fourth-order valence-electron chi connectivity index (χ4n) is 3.16. The third kappa shape index (κ3) is 7.14. The maximum atomic E-state index is 5.65. The number of rotatable bonds is 9. The Balaban J connectivity index is 1.43. The Bertz CT molecular complexity index is 552. The molecule has 0 aliphatic carbocycles. The van der Waals surface area contributed by atoms with Crippen LogP contribution in [-0.2, 0) is 20.6 Å². The van der Waals surface area contributed by atoms with Crippen molar-refractivity contribution in [3.63, 3.8) is 0 Å². The molecule has 3 heterocycles. The van der Waals surface area contributed by atoms with Gasteiger partial charge in [-0.15, -0.1) is 0 Å². The van der Waals surface area contributed by atoms with Crippen molar-refractivity contribution in [2.75, 3.05) is 65.7 Å². The van der Waals surface area contributed by atoms with Crippen LogP contribution in [0.25, 0.3) is 0 Å². The highest BCUT2D eigenvalue weighted by atomic mass is 16.7.